The molecule has 0 spiro atoms. The van der Waals surface area contributed by atoms with E-state index in [-0.39, 0.29) is 31.3 Å². The van der Waals surface area contributed by atoms with Crippen LogP contribution < -0.4 is 10.1 Å². The molecule has 4 aromatic carbocycles. The lowest BCUT2D eigenvalue weighted by atomic mass is 9.91. The minimum Gasteiger partial charge on any atom is -0.496 e. The number of rotatable bonds is 10. The molecule has 1 saturated heterocycles. The first-order valence-corrected chi connectivity index (χ1v) is 16.6. The predicted molar refractivity (Wildman–Crippen MR) is 181 cm³/mol. The van der Waals surface area contributed by atoms with Crippen molar-refractivity contribution < 1.29 is 24.1 Å². The van der Waals surface area contributed by atoms with Crippen LogP contribution in [0.15, 0.2) is 102 Å². The number of methoxy groups -OCH3 is 1. The lowest BCUT2D eigenvalue weighted by Gasteiger charge is -2.41. The molecule has 0 radical (unpaired) electrons. The van der Waals surface area contributed by atoms with Crippen LogP contribution in [-0.4, -0.2) is 33.8 Å². The highest BCUT2D eigenvalue weighted by atomic mass is 35.6. The van der Waals surface area contributed by atoms with Gasteiger partial charge in [0.1, 0.15) is 5.75 Å². The second-order valence-electron chi connectivity index (χ2n) is 10.7. The van der Waals surface area contributed by atoms with Gasteiger partial charge in [-0.3, -0.25) is 4.79 Å². The summed E-state index contributed by atoms with van der Waals surface area (Å²) in [4.78, 5) is 13.2. The third-order valence-electron chi connectivity index (χ3n) is 7.80. The molecule has 1 aliphatic heterocycles. The zero-order valence-corrected chi connectivity index (χ0v) is 27.9. The van der Waals surface area contributed by atoms with Crippen molar-refractivity contribution in [2.24, 2.45) is 5.92 Å². The number of para-hydroxylation sites is 1. The molecule has 1 fully saturated rings. The van der Waals surface area contributed by atoms with Gasteiger partial charge >= 0.3 is 0 Å². The number of amides is 1. The first-order chi connectivity index (χ1) is 21.7. The van der Waals surface area contributed by atoms with E-state index in [0.717, 1.165) is 44.0 Å². The molecule has 6 nitrogen and oxygen atoms in total. The molecule has 4 aromatic rings. The van der Waals surface area contributed by atoms with Crippen LogP contribution in [0.4, 0.5) is 0 Å². The van der Waals surface area contributed by atoms with Crippen LogP contribution in [0, 0.1) is 5.92 Å². The van der Waals surface area contributed by atoms with Gasteiger partial charge in [0, 0.05) is 28.7 Å². The summed E-state index contributed by atoms with van der Waals surface area (Å²) >= 11 is 18.9. The van der Waals surface area contributed by atoms with E-state index in [1.54, 1.807) is 18.9 Å². The number of alkyl halides is 3. The van der Waals surface area contributed by atoms with Crippen molar-refractivity contribution in [3.8, 4) is 16.9 Å². The molecule has 0 unspecified atom stereocenters. The van der Waals surface area contributed by atoms with Crippen molar-refractivity contribution in [3.05, 3.63) is 119 Å². The monoisotopic (exact) mass is 685 g/mol. The number of hydrogen-bond donors (Lipinski definition) is 2. The molecule has 0 bridgehead atoms. The van der Waals surface area contributed by atoms with Gasteiger partial charge in [0.2, 0.25) is 0 Å². The Morgan fingerprint density at radius 3 is 2.27 bits per heavy atom. The number of benzene rings is 4. The lowest BCUT2D eigenvalue weighted by molar-refractivity contribution is -0.268. The molecule has 0 saturated carbocycles. The van der Waals surface area contributed by atoms with Crippen molar-refractivity contribution in [1.29, 1.82) is 0 Å². The van der Waals surface area contributed by atoms with Crippen LogP contribution in [0.2, 0.25) is 0 Å². The largest absolute Gasteiger partial charge is 0.496 e. The van der Waals surface area contributed by atoms with Gasteiger partial charge < -0.3 is 24.6 Å². The summed E-state index contributed by atoms with van der Waals surface area (Å²) in [5.74, 6) is 0.908. The van der Waals surface area contributed by atoms with Gasteiger partial charge in [-0.05, 0) is 39.9 Å². The maximum Gasteiger partial charge on any atom is 0.272 e. The average Bonchev–Trinajstić information content (AvgIpc) is 3.06. The zero-order valence-electron chi connectivity index (χ0n) is 24.8. The SMILES string of the molecule is COc1ccccc1SC[C@@H]1O[C@H](c2ccc(-c3ccccc3CNC(=O)C(Cl)(Cl)Cl)cc2)O[C@H](c2ccc(CO)cc2)[C@@H]1C. The van der Waals surface area contributed by atoms with Gasteiger partial charge in [-0.15, -0.1) is 11.8 Å². The van der Waals surface area contributed by atoms with E-state index in [1.165, 1.54) is 0 Å². The summed E-state index contributed by atoms with van der Waals surface area (Å²) in [6, 6.07) is 31.6. The number of aliphatic hydroxyl groups is 1. The molecule has 0 aliphatic carbocycles. The second kappa shape index (κ2) is 15.2. The van der Waals surface area contributed by atoms with Gasteiger partial charge in [-0.25, -0.2) is 0 Å². The van der Waals surface area contributed by atoms with Crippen molar-refractivity contribution in [1.82, 2.24) is 5.32 Å². The Kier molecular flexibility index (Phi) is 11.4. The third-order valence-corrected chi connectivity index (χ3v) is 9.46. The first-order valence-electron chi connectivity index (χ1n) is 14.5. The first kappa shape index (κ1) is 33.6. The molecule has 1 heterocycles. The van der Waals surface area contributed by atoms with Crippen molar-refractivity contribution >= 4 is 52.5 Å². The topological polar surface area (TPSA) is 77.0 Å². The molecular formula is C35H34Cl3NO5S. The summed E-state index contributed by atoms with van der Waals surface area (Å²) in [5, 5.41) is 12.2. The van der Waals surface area contributed by atoms with Crippen LogP contribution in [0.25, 0.3) is 11.1 Å². The van der Waals surface area contributed by atoms with Crippen LogP contribution in [0.3, 0.4) is 0 Å². The number of carbonyl (C=O) groups excluding carboxylic acids is 1. The van der Waals surface area contributed by atoms with Gasteiger partial charge in [-0.1, -0.05) is 127 Å². The number of carbonyl (C=O) groups is 1. The smallest absolute Gasteiger partial charge is 0.272 e. The Balaban J connectivity index is 1.38. The van der Waals surface area contributed by atoms with Crippen LogP contribution in [-0.2, 0) is 27.4 Å². The molecule has 1 aliphatic rings. The molecule has 10 heteroatoms. The Morgan fingerprint density at radius 2 is 1.58 bits per heavy atom. The van der Waals surface area contributed by atoms with E-state index < -0.39 is 16.0 Å². The molecule has 45 heavy (non-hydrogen) atoms. The minimum absolute atomic E-state index is 0.0139. The number of ether oxygens (including phenoxy) is 3. The summed E-state index contributed by atoms with van der Waals surface area (Å²) in [6.07, 6.45) is -0.940. The fourth-order valence-electron chi connectivity index (χ4n) is 5.27. The molecule has 1 amide bonds. The predicted octanol–water partition coefficient (Wildman–Crippen LogP) is 8.42. The average molecular weight is 687 g/mol. The Labute approximate surface area is 282 Å². The minimum atomic E-state index is -2.03. The quantitative estimate of drug-likeness (QED) is 0.129. The molecule has 5 rings (SSSR count). The summed E-state index contributed by atoms with van der Waals surface area (Å²) in [6.45, 7) is 2.34. The number of thioether (sulfide) groups is 1. The highest BCUT2D eigenvalue weighted by Crippen LogP contribution is 2.44. The van der Waals surface area contributed by atoms with Crippen molar-refractivity contribution in [3.63, 3.8) is 0 Å². The van der Waals surface area contributed by atoms with Crippen molar-refractivity contribution in [2.45, 2.75) is 47.3 Å². The zero-order chi connectivity index (χ0) is 32.0. The van der Waals surface area contributed by atoms with Crippen molar-refractivity contribution in [2.75, 3.05) is 12.9 Å². The summed E-state index contributed by atoms with van der Waals surface area (Å²) < 4.78 is 16.8. The Morgan fingerprint density at radius 1 is 0.911 bits per heavy atom. The lowest BCUT2D eigenvalue weighted by Crippen LogP contribution is -2.38. The van der Waals surface area contributed by atoms with E-state index in [9.17, 15) is 9.90 Å². The van der Waals surface area contributed by atoms with Crippen LogP contribution in [0.5, 0.6) is 5.75 Å². The van der Waals surface area contributed by atoms with Gasteiger partial charge in [0.05, 0.1) is 25.9 Å². The third kappa shape index (κ3) is 8.35. The maximum absolute atomic E-state index is 12.1. The summed E-state index contributed by atoms with van der Waals surface area (Å²) in [5.41, 5.74) is 5.55. The fourth-order valence-corrected chi connectivity index (χ4v) is 6.67. The van der Waals surface area contributed by atoms with E-state index in [0.29, 0.717) is 5.75 Å². The molecule has 2 N–H and O–H groups in total. The fraction of sp³-hybridized carbons (Fsp3) is 0.286. The van der Waals surface area contributed by atoms with Gasteiger partial charge in [-0.2, -0.15) is 0 Å². The molecule has 4 atom stereocenters. The van der Waals surface area contributed by atoms with E-state index in [2.05, 4.69) is 18.3 Å². The Bertz CT molecular complexity index is 1580. The second-order valence-corrected chi connectivity index (χ2v) is 14.1. The van der Waals surface area contributed by atoms with E-state index in [1.807, 2.05) is 91.0 Å². The normalized spacial score (nSPS) is 20.0. The van der Waals surface area contributed by atoms with Crippen LogP contribution in [0.1, 0.15) is 41.6 Å². The van der Waals surface area contributed by atoms with Crippen LogP contribution >= 0.6 is 46.6 Å². The molecule has 236 valence electrons. The number of halogens is 3. The standard InChI is InChI=1S/C35H34Cl3NO5S/c1-22-30(21-45-31-10-6-5-9-29(31)42-2)43-33(44-32(22)25-13-11-23(20-40)12-14-25)26-17-15-24(16-18-26)28-8-4-3-7-27(28)19-39-34(41)35(36,37)38/h3-18,22,30,32-33,40H,19-21H2,1-2H3,(H,39,41)/t22-,30+,32+,33+/m1/s1. The van der Waals surface area contributed by atoms with Gasteiger partial charge in [0.15, 0.2) is 6.29 Å². The number of hydrogen-bond acceptors (Lipinski definition) is 6. The molecule has 0 aromatic heterocycles. The Hall–Kier alpha value is -2.75. The number of aliphatic hydroxyl groups excluding tert-OH is 1. The van der Waals surface area contributed by atoms with E-state index in [4.69, 9.17) is 49.0 Å². The van der Waals surface area contributed by atoms with Gasteiger partial charge in [0.25, 0.3) is 9.70 Å². The molecular weight excluding hydrogens is 653 g/mol. The van der Waals surface area contributed by atoms with E-state index >= 15 is 0 Å². The summed E-state index contributed by atoms with van der Waals surface area (Å²) in [7, 11) is 1.68. The number of nitrogens with one attached hydrogen (secondary N) is 1. The highest BCUT2D eigenvalue weighted by molar-refractivity contribution is 7.99. The maximum atomic E-state index is 12.1. The highest BCUT2D eigenvalue weighted by Gasteiger charge is 2.38.